The number of hydrogen-bond donors (Lipinski definition) is 2. The molecule has 0 saturated carbocycles. The average Bonchev–Trinajstić information content (AvgIpc) is 2.66. The zero-order valence-electron chi connectivity index (χ0n) is 14.7. The van der Waals surface area contributed by atoms with Crippen LogP contribution in [0.15, 0.2) is 48.5 Å². The predicted octanol–water partition coefficient (Wildman–Crippen LogP) is 2.80. The second kappa shape index (κ2) is 10.1. The SMILES string of the molecule is COc1cc(CCNC(=O)CCC(=O)O)ccc1OCc1ccccc1. The Kier molecular flexibility index (Phi) is 7.49. The van der Waals surface area contributed by atoms with Crippen molar-refractivity contribution in [1.29, 1.82) is 0 Å². The predicted molar refractivity (Wildman–Crippen MR) is 97.4 cm³/mol. The Bertz CT molecular complexity index is 730. The highest BCUT2D eigenvalue weighted by molar-refractivity contribution is 5.80. The van der Waals surface area contributed by atoms with Crippen molar-refractivity contribution < 1.29 is 24.2 Å². The third-order valence-corrected chi connectivity index (χ3v) is 3.77. The van der Waals surface area contributed by atoms with Crippen molar-refractivity contribution in [1.82, 2.24) is 5.32 Å². The minimum absolute atomic E-state index is 0.00901. The van der Waals surface area contributed by atoms with Gasteiger partial charge in [-0.05, 0) is 29.7 Å². The van der Waals surface area contributed by atoms with E-state index in [2.05, 4.69) is 5.32 Å². The minimum atomic E-state index is -0.976. The van der Waals surface area contributed by atoms with Gasteiger partial charge in [0.1, 0.15) is 6.61 Å². The number of carboxylic acid groups (broad SMARTS) is 1. The molecular weight excluding hydrogens is 334 g/mol. The van der Waals surface area contributed by atoms with Crippen LogP contribution in [0.1, 0.15) is 24.0 Å². The lowest BCUT2D eigenvalue weighted by atomic mass is 10.1. The molecule has 1 amide bonds. The summed E-state index contributed by atoms with van der Waals surface area (Å²) < 4.78 is 11.2. The first-order valence-corrected chi connectivity index (χ1v) is 8.40. The quantitative estimate of drug-likeness (QED) is 0.683. The minimum Gasteiger partial charge on any atom is -0.493 e. The summed E-state index contributed by atoms with van der Waals surface area (Å²) in [4.78, 5) is 22.0. The van der Waals surface area contributed by atoms with Gasteiger partial charge in [-0.15, -0.1) is 0 Å². The Morgan fingerprint density at radius 2 is 1.77 bits per heavy atom. The summed E-state index contributed by atoms with van der Waals surface area (Å²) in [6, 6.07) is 15.5. The molecule has 0 radical (unpaired) electrons. The number of carboxylic acids is 1. The fraction of sp³-hybridized carbons (Fsp3) is 0.300. The smallest absolute Gasteiger partial charge is 0.303 e. The maximum Gasteiger partial charge on any atom is 0.303 e. The maximum atomic E-state index is 11.5. The molecule has 2 N–H and O–H groups in total. The lowest BCUT2D eigenvalue weighted by Gasteiger charge is -2.12. The van der Waals surface area contributed by atoms with E-state index < -0.39 is 5.97 Å². The van der Waals surface area contributed by atoms with Crippen LogP contribution in [0, 0.1) is 0 Å². The number of hydrogen-bond acceptors (Lipinski definition) is 4. The van der Waals surface area contributed by atoms with Crippen molar-refractivity contribution in [3.63, 3.8) is 0 Å². The van der Waals surface area contributed by atoms with E-state index in [1.807, 2.05) is 48.5 Å². The van der Waals surface area contributed by atoms with Crippen LogP contribution in [0.3, 0.4) is 0 Å². The molecule has 0 fully saturated rings. The van der Waals surface area contributed by atoms with Gasteiger partial charge in [0.25, 0.3) is 0 Å². The molecule has 0 spiro atoms. The van der Waals surface area contributed by atoms with Crippen LogP contribution >= 0.6 is 0 Å². The lowest BCUT2D eigenvalue weighted by Crippen LogP contribution is -2.26. The van der Waals surface area contributed by atoms with E-state index in [0.29, 0.717) is 31.1 Å². The van der Waals surface area contributed by atoms with Gasteiger partial charge in [-0.3, -0.25) is 9.59 Å². The molecule has 0 aliphatic heterocycles. The van der Waals surface area contributed by atoms with Gasteiger partial charge >= 0.3 is 5.97 Å². The molecule has 0 atom stereocenters. The monoisotopic (exact) mass is 357 g/mol. The molecule has 0 bridgehead atoms. The van der Waals surface area contributed by atoms with Crippen LogP contribution in [0.25, 0.3) is 0 Å². The van der Waals surface area contributed by atoms with Gasteiger partial charge in [0, 0.05) is 13.0 Å². The number of nitrogens with one attached hydrogen (secondary N) is 1. The first kappa shape index (κ1) is 19.3. The number of carbonyl (C=O) groups excluding carboxylic acids is 1. The van der Waals surface area contributed by atoms with Gasteiger partial charge in [0.15, 0.2) is 11.5 Å². The highest BCUT2D eigenvalue weighted by Gasteiger charge is 2.08. The molecule has 0 aliphatic carbocycles. The van der Waals surface area contributed by atoms with Crippen molar-refractivity contribution in [2.45, 2.75) is 25.9 Å². The van der Waals surface area contributed by atoms with E-state index in [9.17, 15) is 9.59 Å². The summed E-state index contributed by atoms with van der Waals surface area (Å²) in [5, 5.41) is 11.3. The molecule has 0 saturated heterocycles. The maximum absolute atomic E-state index is 11.5. The second-order valence-electron chi connectivity index (χ2n) is 5.75. The summed E-state index contributed by atoms with van der Waals surface area (Å²) in [6.45, 7) is 0.891. The van der Waals surface area contributed by atoms with Crippen LogP contribution < -0.4 is 14.8 Å². The standard InChI is InChI=1S/C20H23NO5/c1-25-18-13-15(11-12-21-19(22)9-10-20(23)24)7-8-17(18)26-14-16-5-3-2-4-6-16/h2-8,13H,9-12,14H2,1H3,(H,21,22)(H,23,24). The molecule has 26 heavy (non-hydrogen) atoms. The largest absolute Gasteiger partial charge is 0.493 e. The third kappa shape index (κ3) is 6.47. The van der Waals surface area contributed by atoms with Crippen LogP contribution in [0.4, 0.5) is 0 Å². The van der Waals surface area contributed by atoms with Gasteiger partial charge in [-0.25, -0.2) is 0 Å². The average molecular weight is 357 g/mol. The van der Waals surface area contributed by atoms with E-state index in [0.717, 1.165) is 11.1 Å². The van der Waals surface area contributed by atoms with Gasteiger partial charge < -0.3 is 19.9 Å². The Balaban J connectivity index is 1.85. The van der Waals surface area contributed by atoms with E-state index in [4.69, 9.17) is 14.6 Å². The first-order valence-electron chi connectivity index (χ1n) is 8.40. The molecular formula is C20H23NO5. The van der Waals surface area contributed by atoms with Gasteiger partial charge in [0.05, 0.1) is 13.5 Å². The summed E-state index contributed by atoms with van der Waals surface area (Å²) >= 11 is 0. The zero-order chi connectivity index (χ0) is 18.8. The van der Waals surface area contributed by atoms with Crippen LogP contribution in [-0.2, 0) is 22.6 Å². The van der Waals surface area contributed by atoms with Crippen molar-refractivity contribution in [2.24, 2.45) is 0 Å². The molecule has 0 aromatic heterocycles. The van der Waals surface area contributed by atoms with Crippen molar-refractivity contribution in [2.75, 3.05) is 13.7 Å². The molecule has 0 unspecified atom stereocenters. The summed E-state index contributed by atoms with van der Waals surface area (Å²) in [5.41, 5.74) is 2.06. The van der Waals surface area contributed by atoms with Crippen LogP contribution in [-0.4, -0.2) is 30.6 Å². The van der Waals surface area contributed by atoms with Gasteiger partial charge in [-0.1, -0.05) is 36.4 Å². The van der Waals surface area contributed by atoms with Crippen LogP contribution in [0.2, 0.25) is 0 Å². The van der Waals surface area contributed by atoms with Crippen molar-refractivity contribution in [3.05, 3.63) is 59.7 Å². The number of amides is 1. The summed E-state index contributed by atoms with van der Waals surface area (Å²) in [7, 11) is 1.59. The number of rotatable bonds is 10. The van der Waals surface area contributed by atoms with Gasteiger partial charge in [-0.2, -0.15) is 0 Å². The molecule has 6 nitrogen and oxygen atoms in total. The first-order chi connectivity index (χ1) is 12.6. The van der Waals surface area contributed by atoms with Crippen LogP contribution in [0.5, 0.6) is 11.5 Å². The number of methoxy groups -OCH3 is 1. The van der Waals surface area contributed by atoms with E-state index in [1.165, 1.54) is 0 Å². The van der Waals surface area contributed by atoms with E-state index >= 15 is 0 Å². The van der Waals surface area contributed by atoms with Gasteiger partial charge in [0.2, 0.25) is 5.91 Å². The zero-order valence-corrected chi connectivity index (χ0v) is 14.7. The Labute approximate surface area is 152 Å². The number of ether oxygens (including phenoxy) is 2. The number of carbonyl (C=O) groups is 2. The van der Waals surface area contributed by atoms with Crippen molar-refractivity contribution in [3.8, 4) is 11.5 Å². The molecule has 6 heteroatoms. The fourth-order valence-electron chi connectivity index (χ4n) is 2.38. The topological polar surface area (TPSA) is 84.9 Å². The highest BCUT2D eigenvalue weighted by atomic mass is 16.5. The normalized spacial score (nSPS) is 10.2. The third-order valence-electron chi connectivity index (χ3n) is 3.77. The lowest BCUT2D eigenvalue weighted by molar-refractivity contribution is -0.138. The Morgan fingerprint density at radius 1 is 1.00 bits per heavy atom. The Morgan fingerprint density at radius 3 is 2.46 bits per heavy atom. The molecule has 0 heterocycles. The van der Waals surface area contributed by atoms with E-state index in [1.54, 1.807) is 7.11 Å². The van der Waals surface area contributed by atoms with E-state index in [-0.39, 0.29) is 18.7 Å². The molecule has 2 aromatic rings. The molecule has 138 valence electrons. The summed E-state index contributed by atoms with van der Waals surface area (Å²) in [6.07, 6.45) is 0.451. The number of aliphatic carboxylic acids is 1. The van der Waals surface area contributed by atoms with Crippen molar-refractivity contribution >= 4 is 11.9 Å². The number of benzene rings is 2. The summed E-state index contributed by atoms with van der Waals surface area (Å²) in [5.74, 6) is 0.0550. The molecule has 2 rings (SSSR count). The highest BCUT2D eigenvalue weighted by Crippen LogP contribution is 2.29. The Hall–Kier alpha value is -3.02. The molecule has 0 aliphatic rings. The second-order valence-corrected chi connectivity index (χ2v) is 5.75. The fourth-order valence-corrected chi connectivity index (χ4v) is 2.38. The molecule has 2 aromatic carbocycles.